The van der Waals surface area contributed by atoms with Gasteiger partial charge in [-0.2, -0.15) is 0 Å². The Morgan fingerprint density at radius 2 is 1.26 bits per heavy atom. The standard InChI is InChI=1S/C12H22O11/c13-1-3-5(15)6(16)9(19)12(22-3)23-10-4(2-14)21-11(20)8(18)7(10)17/h3-20H,1-2H2/t3-,4-,5+,6+,7-,8+,9+,10-,11-,12+/m1/s1. The summed E-state index contributed by atoms with van der Waals surface area (Å²) in [5.74, 6) is 0. The zero-order valence-electron chi connectivity index (χ0n) is 12.0. The van der Waals surface area contributed by atoms with Gasteiger partial charge in [0.1, 0.15) is 48.8 Å². The lowest BCUT2D eigenvalue weighted by Crippen LogP contribution is -2.64. The molecule has 23 heavy (non-hydrogen) atoms. The fourth-order valence-corrected chi connectivity index (χ4v) is 2.57. The summed E-state index contributed by atoms with van der Waals surface area (Å²) in [5.41, 5.74) is 0. The average molecular weight is 342 g/mol. The predicted octanol–water partition coefficient (Wildman–Crippen LogP) is -5.40. The lowest BCUT2D eigenvalue weighted by atomic mass is 9.97. The van der Waals surface area contributed by atoms with Gasteiger partial charge in [0.2, 0.25) is 0 Å². The van der Waals surface area contributed by atoms with Gasteiger partial charge >= 0.3 is 0 Å². The first-order chi connectivity index (χ1) is 10.8. The molecule has 2 rings (SSSR count). The monoisotopic (exact) mass is 342 g/mol. The summed E-state index contributed by atoms with van der Waals surface area (Å²) in [7, 11) is 0. The van der Waals surface area contributed by atoms with Crippen molar-refractivity contribution < 1.29 is 55.1 Å². The minimum Gasteiger partial charge on any atom is -0.394 e. The Labute approximate surface area is 130 Å². The molecule has 0 radical (unpaired) electrons. The molecular formula is C12H22O11. The third-order valence-corrected chi connectivity index (χ3v) is 3.98. The lowest BCUT2D eigenvalue weighted by molar-refractivity contribution is -0.355. The smallest absolute Gasteiger partial charge is 0.187 e. The minimum atomic E-state index is -1.74. The van der Waals surface area contributed by atoms with Crippen molar-refractivity contribution in [3.63, 3.8) is 0 Å². The summed E-state index contributed by atoms with van der Waals surface area (Å²) in [6, 6.07) is 0. The molecule has 2 saturated heterocycles. The maximum atomic E-state index is 9.94. The van der Waals surface area contributed by atoms with Crippen LogP contribution in [0.3, 0.4) is 0 Å². The molecule has 2 heterocycles. The third kappa shape index (κ3) is 3.65. The highest BCUT2D eigenvalue weighted by Gasteiger charge is 2.50. The number of hydrogen-bond acceptors (Lipinski definition) is 11. The maximum Gasteiger partial charge on any atom is 0.187 e. The summed E-state index contributed by atoms with van der Waals surface area (Å²) in [4.78, 5) is 0. The first-order valence-corrected chi connectivity index (χ1v) is 7.08. The Bertz CT molecular complexity index is 378. The van der Waals surface area contributed by atoms with Gasteiger partial charge in [0.25, 0.3) is 0 Å². The number of hydrogen-bond donors (Lipinski definition) is 8. The quantitative estimate of drug-likeness (QED) is 0.243. The SMILES string of the molecule is OC[C@H]1O[C@@H](O[C@H]2[C@H](O)[C@H](O)[C@H](O)O[C@@H]2CO)[C@@H](O)[C@@H](O)[C@H]1O. The van der Waals surface area contributed by atoms with E-state index in [2.05, 4.69) is 0 Å². The van der Waals surface area contributed by atoms with E-state index in [1.807, 2.05) is 0 Å². The number of rotatable bonds is 4. The summed E-state index contributed by atoms with van der Waals surface area (Å²) in [5, 5.41) is 76.5. The summed E-state index contributed by atoms with van der Waals surface area (Å²) < 4.78 is 15.3. The molecule has 2 aliphatic heterocycles. The second-order valence-electron chi connectivity index (χ2n) is 5.53. The predicted molar refractivity (Wildman–Crippen MR) is 68.6 cm³/mol. The first kappa shape index (κ1) is 18.9. The fraction of sp³-hybridized carbons (Fsp3) is 1.00. The van der Waals surface area contributed by atoms with Gasteiger partial charge in [0.15, 0.2) is 12.6 Å². The van der Waals surface area contributed by atoms with E-state index in [4.69, 9.17) is 19.3 Å². The Balaban J connectivity index is 2.11. The van der Waals surface area contributed by atoms with Gasteiger partial charge < -0.3 is 55.1 Å². The van der Waals surface area contributed by atoms with Gasteiger partial charge in [-0.15, -0.1) is 0 Å². The molecule has 0 unspecified atom stereocenters. The minimum absolute atomic E-state index is 0.667. The van der Waals surface area contributed by atoms with E-state index in [-0.39, 0.29) is 0 Å². The highest BCUT2D eigenvalue weighted by molar-refractivity contribution is 4.93. The van der Waals surface area contributed by atoms with E-state index in [0.717, 1.165) is 0 Å². The van der Waals surface area contributed by atoms with Crippen LogP contribution in [0.15, 0.2) is 0 Å². The topological polar surface area (TPSA) is 190 Å². The largest absolute Gasteiger partial charge is 0.394 e. The number of ether oxygens (including phenoxy) is 3. The molecular weight excluding hydrogens is 320 g/mol. The van der Waals surface area contributed by atoms with Gasteiger partial charge in [-0.1, -0.05) is 0 Å². The molecule has 0 aromatic rings. The summed E-state index contributed by atoms with van der Waals surface area (Å²) in [6.45, 7) is -1.35. The van der Waals surface area contributed by atoms with Crippen molar-refractivity contribution in [3.05, 3.63) is 0 Å². The molecule has 0 aromatic carbocycles. The Morgan fingerprint density at radius 3 is 1.83 bits per heavy atom. The molecule has 10 atom stereocenters. The molecule has 0 bridgehead atoms. The van der Waals surface area contributed by atoms with Gasteiger partial charge in [0.05, 0.1) is 13.2 Å². The van der Waals surface area contributed by atoms with E-state index < -0.39 is 74.6 Å². The molecule has 11 nitrogen and oxygen atoms in total. The van der Waals surface area contributed by atoms with Gasteiger partial charge in [-0.25, -0.2) is 0 Å². The van der Waals surface area contributed by atoms with Crippen LogP contribution in [0.2, 0.25) is 0 Å². The number of aliphatic hydroxyl groups excluding tert-OH is 8. The highest BCUT2D eigenvalue weighted by atomic mass is 16.7. The van der Waals surface area contributed by atoms with Crippen molar-refractivity contribution in [1.82, 2.24) is 0 Å². The molecule has 0 spiro atoms. The van der Waals surface area contributed by atoms with Crippen LogP contribution in [0.5, 0.6) is 0 Å². The Morgan fingerprint density at radius 1 is 0.652 bits per heavy atom. The first-order valence-electron chi connectivity index (χ1n) is 7.08. The van der Waals surface area contributed by atoms with Gasteiger partial charge in [-0.3, -0.25) is 0 Å². The normalized spacial score (nSPS) is 51.7. The summed E-state index contributed by atoms with van der Waals surface area (Å²) >= 11 is 0. The zero-order chi connectivity index (χ0) is 17.3. The molecule has 0 aliphatic carbocycles. The fourth-order valence-electron chi connectivity index (χ4n) is 2.57. The number of aliphatic hydroxyl groups is 8. The molecule has 0 amide bonds. The second kappa shape index (κ2) is 7.63. The zero-order valence-corrected chi connectivity index (χ0v) is 12.0. The molecule has 0 aromatic heterocycles. The van der Waals surface area contributed by atoms with Crippen molar-refractivity contribution in [2.45, 2.75) is 61.4 Å². The van der Waals surface area contributed by atoms with Crippen LogP contribution in [-0.4, -0.2) is 115 Å². The summed E-state index contributed by atoms with van der Waals surface area (Å²) in [6.07, 6.45) is -15.6. The van der Waals surface area contributed by atoms with Crippen LogP contribution in [0.4, 0.5) is 0 Å². The van der Waals surface area contributed by atoms with E-state index in [1.165, 1.54) is 0 Å². The molecule has 136 valence electrons. The van der Waals surface area contributed by atoms with Crippen molar-refractivity contribution >= 4 is 0 Å². The van der Waals surface area contributed by atoms with E-state index in [1.54, 1.807) is 0 Å². The van der Waals surface area contributed by atoms with Crippen LogP contribution >= 0.6 is 0 Å². The highest BCUT2D eigenvalue weighted by Crippen LogP contribution is 2.28. The second-order valence-corrected chi connectivity index (χ2v) is 5.53. The van der Waals surface area contributed by atoms with Crippen molar-refractivity contribution in [2.24, 2.45) is 0 Å². The van der Waals surface area contributed by atoms with Crippen LogP contribution < -0.4 is 0 Å². The Kier molecular flexibility index (Phi) is 6.27. The molecule has 0 saturated carbocycles. The van der Waals surface area contributed by atoms with Crippen LogP contribution in [-0.2, 0) is 14.2 Å². The third-order valence-electron chi connectivity index (χ3n) is 3.98. The maximum absolute atomic E-state index is 9.94. The van der Waals surface area contributed by atoms with Gasteiger partial charge in [-0.05, 0) is 0 Å². The van der Waals surface area contributed by atoms with Crippen LogP contribution in [0, 0.1) is 0 Å². The van der Waals surface area contributed by atoms with Crippen molar-refractivity contribution in [2.75, 3.05) is 13.2 Å². The molecule has 2 fully saturated rings. The van der Waals surface area contributed by atoms with Crippen molar-refractivity contribution in [1.29, 1.82) is 0 Å². The average Bonchev–Trinajstić information content (AvgIpc) is 2.55. The molecule has 8 N–H and O–H groups in total. The van der Waals surface area contributed by atoms with E-state index in [9.17, 15) is 35.7 Å². The molecule has 2 aliphatic rings. The van der Waals surface area contributed by atoms with E-state index >= 15 is 0 Å². The van der Waals surface area contributed by atoms with E-state index in [0.29, 0.717) is 0 Å². The van der Waals surface area contributed by atoms with Crippen molar-refractivity contribution in [3.8, 4) is 0 Å². The van der Waals surface area contributed by atoms with Crippen LogP contribution in [0.25, 0.3) is 0 Å². The van der Waals surface area contributed by atoms with Crippen LogP contribution in [0.1, 0.15) is 0 Å². The Hall–Kier alpha value is -0.440. The lowest BCUT2D eigenvalue weighted by Gasteiger charge is -2.45. The molecule has 11 heteroatoms. The van der Waals surface area contributed by atoms with Gasteiger partial charge in [0, 0.05) is 0 Å².